The fourth-order valence-corrected chi connectivity index (χ4v) is 3.41. The largest absolute Gasteiger partial charge is 0.486 e. The van der Waals surface area contributed by atoms with Crippen LogP contribution >= 0.6 is 0 Å². The summed E-state index contributed by atoms with van der Waals surface area (Å²) in [5.74, 6) is 0.635. The van der Waals surface area contributed by atoms with Crippen LogP contribution in [-0.2, 0) is 9.59 Å². The number of carbonyl (C=O) groups excluding carboxylic acids is 1. The number of benzene rings is 1. The molecule has 0 aromatic heterocycles. The van der Waals surface area contributed by atoms with Crippen LogP contribution in [0.25, 0.3) is 0 Å². The molecule has 2 aliphatic rings. The number of rotatable bonds is 7. The van der Waals surface area contributed by atoms with Crippen molar-refractivity contribution in [2.24, 2.45) is 11.3 Å². The lowest BCUT2D eigenvalue weighted by Crippen LogP contribution is -2.43. The SMILES string of the molecule is CCC(CC)(CNC(=O)C1CC1c1ccc2c(c1)OCCO2)C(=O)O. The molecule has 6 nitrogen and oxygen atoms in total. The molecule has 3 rings (SSSR count). The Bertz CT molecular complexity index is 668. The molecule has 6 heteroatoms. The minimum Gasteiger partial charge on any atom is -0.486 e. The summed E-state index contributed by atoms with van der Waals surface area (Å²) in [5.41, 5.74) is 0.191. The van der Waals surface area contributed by atoms with E-state index >= 15 is 0 Å². The first-order chi connectivity index (χ1) is 12.0. The Hall–Kier alpha value is -2.24. The molecule has 1 aromatic rings. The predicted octanol–water partition coefficient (Wildman–Crippen LogP) is 2.57. The van der Waals surface area contributed by atoms with Gasteiger partial charge in [-0.25, -0.2) is 0 Å². The van der Waals surface area contributed by atoms with Gasteiger partial charge in [-0.15, -0.1) is 0 Å². The van der Waals surface area contributed by atoms with Crippen molar-refractivity contribution in [2.45, 2.75) is 39.0 Å². The van der Waals surface area contributed by atoms with E-state index in [1.165, 1.54) is 0 Å². The standard InChI is InChI=1S/C19H25NO5/c1-3-19(4-2,18(22)23)11-20-17(21)14-10-13(14)12-5-6-15-16(9-12)25-8-7-24-15/h5-6,9,13-14H,3-4,7-8,10-11H2,1-2H3,(H,20,21)(H,22,23). The topological polar surface area (TPSA) is 84.9 Å². The number of carboxylic acid groups (broad SMARTS) is 1. The molecule has 1 aliphatic heterocycles. The monoisotopic (exact) mass is 347 g/mol. The lowest BCUT2D eigenvalue weighted by Gasteiger charge is -2.26. The quantitative estimate of drug-likeness (QED) is 0.792. The third kappa shape index (κ3) is 3.43. The summed E-state index contributed by atoms with van der Waals surface area (Å²) >= 11 is 0. The van der Waals surface area contributed by atoms with E-state index in [1.807, 2.05) is 32.0 Å². The number of aliphatic carboxylic acids is 1. The average Bonchev–Trinajstić information content (AvgIpc) is 3.43. The van der Waals surface area contributed by atoms with E-state index in [1.54, 1.807) is 0 Å². The van der Waals surface area contributed by atoms with Gasteiger partial charge in [-0.3, -0.25) is 9.59 Å². The van der Waals surface area contributed by atoms with Gasteiger partial charge in [0.1, 0.15) is 13.2 Å². The summed E-state index contributed by atoms with van der Waals surface area (Å²) in [6.45, 7) is 4.97. The van der Waals surface area contributed by atoms with Gasteiger partial charge < -0.3 is 19.9 Å². The molecule has 1 aliphatic carbocycles. The van der Waals surface area contributed by atoms with Crippen molar-refractivity contribution < 1.29 is 24.2 Å². The van der Waals surface area contributed by atoms with E-state index in [0.717, 1.165) is 23.5 Å². The Labute approximate surface area is 147 Å². The van der Waals surface area contributed by atoms with Gasteiger partial charge in [-0.2, -0.15) is 0 Å². The van der Waals surface area contributed by atoms with Crippen LogP contribution in [0.2, 0.25) is 0 Å². The molecule has 0 saturated heterocycles. The molecule has 2 N–H and O–H groups in total. The van der Waals surface area contributed by atoms with Crippen molar-refractivity contribution in [3.8, 4) is 11.5 Å². The summed E-state index contributed by atoms with van der Waals surface area (Å²) in [5, 5.41) is 12.3. The van der Waals surface area contributed by atoms with E-state index in [2.05, 4.69) is 5.32 Å². The van der Waals surface area contributed by atoms with Crippen LogP contribution in [0.3, 0.4) is 0 Å². The molecular weight excluding hydrogens is 322 g/mol. The Morgan fingerprint density at radius 1 is 1.20 bits per heavy atom. The summed E-state index contributed by atoms with van der Waals surface area (Å²) < 4.78 is 11.1. The normalized spacial score (nSPS) is 21.5. The average molecular weight is 347 g/mol. The Morgan fingerprint density at radius 3 is 2.52 bits per heavy atom. The molecule has 0 radical (unpaired) electrons. The highest BCUT2D eigenvalue weighted by atomic mass is 16.6. The third-order valence-corrected chi connectivity index (χ3v) is 5.53. The Kier molecular flexibility index (Phi) is 4.88. The number of fused-ring (bicyclic) bond motifs is 1. The lowest BCUT2D eigenvalue weighted by molar-refractivity contribution is -0.149. The summed E-state index contributed by atoms with van der Waals surface area (Å²) in [6, 6.07) is 5.82. The summed E-state index contributed by atoms with van der Waals surface area (Å²) in [7, 11) is 0. The highest BCUT2D eigenvalue weighted by Gasteiger charge is 2.45. The maximum Gasteiger partial charge on any atom is 0.311 e. The van der Waals surface area contributed by atoms with Gasteiger partial charge in [0.2, 0.25) is 5.91 Å². The minimum atomic E-state index is -0.878. The maximum atomic E-state index is 12.4. The number of hydrogen-bond acceptors (Lipinski definition) is 4. The number of carboxylic acids is 1. The van der Waals surface area contributed by atoms with E-state index in [0.29, 0.717) is 26.1 Å². The van der Waals surface area contributed by atoms with Crippen molar-refractivity contribution in [2.75, 3.05) is 19.8 Å². The molecule has 2 unspecified atom stereocenters. The molecule has 1 saturated carbocycles. The molecule has 1 aromatic carbocycles. The molecular formula is C19H25NO5. The number of ether oxygens (including phenoxy) is 2. The molecule has 1 heterocycles. The van der Waals surface area contributed by atoms with Gasteiger partial charge in [0.15, 0.2) is 11.5 Å². The van der Waals surface area contributed by atoms with Crippen molar-refractivity contribution in [1.29, 1.82) is 0 Å². The summed E-state index contributed by atoms with van der Waals surface area (Å²) in [4.78, 5) is 23.9. The van der Waals surface area contributed by atoms with Gasteiger partial charge in [0.25, 0.3) is 0 Å². The third-order valence-electron chi connectivity index (χ3n) is 5.53. The second kappa shape index (κ2) is 6.94. The van der Waals surface area contributed by atoms with Gasteiger partial charge in [0.05, 0.1) is 5.41 Å². The van der Waals surface area contributed by atoms with E-state index in [4.69, 9.17) is 9.47 Å². The van der Waals surface area contributed by atoms with Crippen molar-refractivity contribution >= 4 is 11.9 Å². The van der Waals surface area contributed by atoms with Crippen molar-refractivity contribution in [3.05, 3.63) is 23.8 Å². The Morgan fingerprint density at radius 2 is 1.88 bits per heavy atom. The highest BCUT2D eigenvalue weighted by Crippen LogP contribution is 2.49. The molecule has 25 heavy (non-hydrogen) atoms. The van der Waals surface area contributed by atoms with Gasteiger partial charge >= 0.3 is 5.97 Å². The van der Waals surface area contributed by atoms with Crippen molar-refractivity contribution in [1.82, 2.24) is 5.32 Å². The second-order valence-electron chi connectivity index (χ2n) is 6.86. The van der Waals surface area contributed by atoms with Crippen LogP contribution in [0.1, 0.15) is 44.6 Å². The molecule has 2 atom stereocenters. The number of carbonyl (C=O) groups is 2. The van der Waals surface area contributed by atoms with Crippen molar-refractivity contribution in [3.63, 3.8) is 0 Å². The second-order valence-corrected chi connectivity index (χ2v) is 6.86. The Balaban J connectivity index is 1.60. The number of amides is 1. The number of hydrogen-bond donors (Lipinski definition) is 2. The zero-order valence-electron chi connectivity index (χ0n) is 14.7. The fraction of sp³-hybridized carbons (Fsp3) is 0.579. The highest BCUT2D eigenvalue weighted by molar-refractivity contribution is 5.84. The first-order valence-electron chi connectivity index (χ1n) is 8.91. The fourth-order valence-electron chi connectivity index (χ4n) is 3.41. The van der Waals surface area contributed by atoms with E-state index < -0.39 is 11.4 Å². The first-order valence-corrected chi connectivity index (χ1v) is 8.91. The van der Waals surface area contributed by atoms with Crippen LogP contribution in [0.15, 0.2) is 18.2 Å². The van der Waals surface area contributed by atoms with Crippen LogP contribution < -0.4 is 14.8 Å². The van der Waals surface area contributed by atoms with Gasteiger partial charge in [0, 0.05) is 12.5 Å². The maximum absolute atomic E-state index is 12.4. The van der Waals surface area contributed by atoms with Crippen LogP contribution in [0.5, 0.6) is 11.5 Å². The van der Waals surface area contributed by atoms with Gasteiger partial charge in [-0.1, -0.05) is 19.9 Å². The smallest absolute Gasteiger partial charge is 0.311 e. The number of nitrogens with one attached hydrogen (secondary N) is 1. The van der Waals surface area contributed by atoms with Crippen LogP contribution in [0.4, 0.5) is 0 Å². The molecule has 0 bridgehead atoms. The lowest BCUT2D eigenvalue weighted by atomic mass is 9.82. The molecule has 1 amide bonds. The zero-order chi connectivity index (χ0) is 18.0. The first kappa shape index (κ1) is 17.6. The molecule has 0 spiro atoms. The minimum absolute atomic E-state index is 0.0626. The molecule has 1 fully saturated rings. The van der Waals surface area contributed by atoms with Crippen LogP contribution in [0, 0.1) is 11.3 Å². The van der Waals surface area contributed by atoms with Crippen LogP contribution in [-0.4, -0.2) is 36.7 Å². The van der Waals surface area contributed by atoms with E-state index in [9.17, 15) is 14.7 Å². The molecule has 136 valence electrons. The van der Waals surface area contributed by atoms with Gasteiger partial charge in [-0.05, 0) is 42.9 Å². The summed E-state index contributed by atoms with van der Waals surface area (Å²) in [6.07, 6.45) is 1.77. The predicted molar refractivity (Wildman–Crippen MR) is 91.9 cm³/mol. The zero-order valence-corrected chi connectivity index (χ0v) is 14.7. The van der Waals surface area contributed by atoms with E-state index in [-0.39, 0.29) is 24.3 Å².